The lowest BCUT2D eigenvalue weighted by Crippen LogP contribution is -2.49. The van der Waals surface area contributed by atoms with E-state index in [1.54, 1.807) is 29.2 Å². The lowest BCUT2D eigenvalue weighted by Gasteiger charge is -2.33. The SMILES string of the molecule is O=C(NC1CCN(C(=O)C2CCN(c3cccc(OC(F)(F)F)c3)C2=O)CC1)c1ccccc1. The number of halogens is 3. The topological polar surface area (TPSA) is 79.0 Å². The van der Waals surface area contributed by atoms with E-state index >= 15 is 0 Å². The Morgan fingerprint density at radius 3 is 2.32 bits per heavy atom. The van der Waals surface area contributed by atoms with Crippen molar-refractivity contribution in [2.24, 2.45) is 5.92 Å². The van der Waals surface area contributed by atoms with Crippen molar-refractivity contribution >= 4 is 23.4 Å². The summed E-state index contributed by atoms with van der Waals surface area (Å²) in [5.74, 6) is -2.18. The first kappa shape index (κ1) is 23.6. The molecule has 3 amide bonds. The van der Waals surface area contributed by atoms with Gasteiger partial charge in [0, 0.05) is 43.0 Å². The number of piperidine rings is 1. The molecule has 7 nitrogen and oxygen atoms in total. The zero-order chi connectivity index (χ0) is 24.3. The van der Waals surface area contributed by atoms with E-state index < -0.39 is 23.9 Å². The van der Waals surface area contributed by atoms with Gasteiger partial charge in [-0.3, -0.25) is 14.4 Å². The van der Waals surface area contributed by atoms with Crippen LogP contribution in [0.25, 0.3) is 0 Å². The van der Waals surface area contributed by atoms with Crippen LogP contribution in [-0.4, -0.2) is 54.7 Å². The fraction of sp³-hybridized carbons (Fsp3) is 0.375. The fourth-order valence-corrected chi connectivity index (χ4v) is 4.34. The van der Waals surface area contributed by atoms with Crippen LogP contribution in [0.5, 0.6) is 5.75 Å². The molecular weight excluding hydrogens is 451 g/mol. The van der Waals surface area contributed by atoms with Crippen LogP contribution in [0.15, 0.2) is 54.6 Å². The summed E-state index contributed by atoms with van der Waals surface area (Å²) >= 11 is 0. The number of amides is 3. The highest BCUT2D eigenvalue weighted by molar-refractivity contribution is 6.09. The Kier molecular flexibility index (Phi) is 6.76. The number of ether oxygens (including phenoxy) is 1. The van der Waals surface area contributed by atoms with Crippen LogP contribution < -0.4 is 15.0 Å². The molecule has 0 spiro atoms. The Morgan fingerprint density at radius 2 is 1.65 bits per heavy atom. The van der Waals surface area contributed by atoms with Crippen LogP contribution in [-0.2, 0) is 9.59 Å². The zero-order valence-electron chi connectivity index (χ0n) is 18.3. The number of carbonyl (C=O) groups is 3. The number of nitrogens with zero attached hydrogens (tertiary/aromatic N) is 2. The Morgan fingerprint density at radius 1 is 0.941 bits per heavy atom. The number of likely N-dealkylation sites (tertiary alicyclic amines) is 1. The third-order valence-corrected chi connectivity index (χ3v) is 6.04. The van der Waals surface area contributed by atoms with Crippen LogP contribution in [0.2, 0.25) is 0 Å². The van der Waals surface area contributed by atoms with Crippen LogP contribution in [0.1, 0.15) is 29.6 Å². The first-order valence-corrected chi connectivity index (χ1v) is 11.0. The van der Waals surface area contributed by atoms with Gasteiger partial charge in [0.05, 0.1) is 0 Å². The van der Waals surface area contributed by atoms with Gasteiger partial charge in [0.1, 0.15) is 11.7 Å². The van der Waals surface area contributed by atoms with E-state index in [1.165, 1.54) is 17.0 Å². The predicted octanol–water partition coefficient (Wildman–Crippen LogP) is 3.36. The number of rotatable bonds is 5. The molecule has 2 saturated heterocycles. The number of hydrogen-bond acceptors (Lipinski definition) is 4. The van der Waals surface area contributed by atoms with Crippen molar-refractivity contribution in [2.75, 3.05) is 24.5 Å². The highest BCUT2D eigenvalue weighted by Crippen LogP contribution is 2.31. The van der Waals surface area contributed by atoms with E-state index in [-0.39, 0.29) is 36.5 Å². The van der Waals surface area contributed by atoms with Gasteiger partial charge < -0.3 is 19.9 Å². The zero-order valence-corrected chi connectivity index (χ0v) is 18.3. The van der Waals surface area contributed by atoms with Gasteiger partial charge in [0.25, 0.3) is 5.91 Å². The smallest absolute Gasteiger partial charge is 0.406 e. The number of hydrogen-bond donors (Lipinski definition) is 1. The molecule has 0 bridgehead atoms. The molecule has 2 aliphatic rings. The average molecular weight is 475 g/mol. The van der Waals surface area contributed by atoms with E-state index in [4.69, 9.17) is 0 Å². The molecule has 0 saturated carbocycles. The molecule has 4 rings (SSSR count). The van der Waals surface area contributed by atoms with Crippen molar-refractivity contribution < 1.29 is 32.3 Å². The molecule has 1 unspecified atom stereocenters. The summed E-state index contributed by atoms with van der Waals surface area (Å²) in [7, 11) is 0. The van der Waals surface area contributed by atoms with Crippen molar-refractivity contribution in [1.82, 2.24) is 10.2 Å². The quantitative estimate of drug-likeness (QED) is 0.673. The standard InChI is InChI=1S/C24H24F3N3O4/c25-24(26,27)34-19-8-4-7-18(15-19)30-14-11-20(23(30)33)22(32)29-12-9-17(10-13-29)28-21(31)16-5-2-1-3-6-16/h1-8,15,17,20H,9-14H2,(H,28,31). The molecule has 1 N–H and O–H groups in total. The average Bonchev–Trinajstić information content (AvgIpc) is 3.20. The number of carbonyl (C=O) groups excluding carboxylic acids is 3. The molecule has 180 valence electrons. The molecular formula is C24H24F3N3O4. The summed E-state index contributed by atoms with van der Waals surface area (Å²) in [5.41, 5.74) is 0.826. The van der Waals surface area contributed by atoms with E-state index in [1.807, 2.05) is 6.07 Å². The van der Waals surface area contributed by atoms with Crippen molar-refractivity contribution in [2.45, 2.75) is 31.7 Å². The molecule has 0 radical (unpaired) electrons. The first-order valence-electron chi connectivity index (χ1n) is 11.0. The third-order valence-electron chi connectivity index (χ3n) is 6.04. The van der Waals surface area contributed by atoms with Crippen LogP contribution in [0, 0.1) is 5.92 Å². The number of anilines is 1. The lowest BCUT2D eigenvalue weighted by molar-refractivity contribution is -0.274. The Balaban J connectivity index is 1.32. The minimum Gasteiger partial charge on any atom is -0.406 e. The molecule has 0 aliphatic carbocycles. The highest BCUT2D eigenvalue weighted by atomic mass is 19.4. The lowest BCUT2D eigenvalue weighted by atomic mass is 10.0. The highest BCUT2D eigenvalue weighted by Gasteiger charge is 2.41. The van der Waals surface area contributed by atoms with Gasteiger partial charge in [-0.2, -0.15) is 0 Å². The van der Waals surface area contributed by atoms with Gasteiger partial charge in [0.2, 0.25) is 11.8 Å². The summed E-state index contributed by atoms with van der Waals surface area (Å²) in [6.07, 6.45) is -3.40. The van der Waals surface area contributed by atoms with Crippen LogP contribution in [0.4, 0.5) is 18.9 Å². The van der Waals surface area contributed by atoms with E-state index in [0.717, 1.165) is 12.1 Å². The third kappa shape index (κ3) is 5.49. The number of nitrogens with one attached hydrogen (secondary N) is 1. The second-order valence-corrected chi connectivity index (χ2v) is 8.32. The molecule has 1 atom stereocenters. The van der Waals surface area contributed by atoms with Gasteiger partial charge in [-0.05, 0) is 43.5 Å². The molecule has 2 aliphatic heterocycles. The minimum atomic E-state index is -4.83. The summed E-state index contributed by atoms with van der Waals surface area (Å²) in [4.78, 5) is 41.2. The largest absolute Gasteiger partial charge is 0.573 e. The maximum atomic E-state index is 13.0. The fourth-order valence-electron chi connectivity index (χ4n) is 4.34. The minimum absolute atomic E-state index is 0.0658. The van der Waals surface area contributed by atoms with Crippen molar-refractivity contribution in [1.29, 1.82) is 0 Å². The van der Waals surface area contributed by atoms with E-state index in [9.17, 15) is 27.6 Å². The Hall–Kier alpha value is -3.56. The van der Waals surface area contributed by atoms with Gasteiger partial charge in [0.15, 0.2) is 0 Å². The van der Waals surface area contributed by atoms with Crippen LogP contribution >= 0.6 is 0 Å². The Labute approximate surface area is 194 Å². The maximum absolute atomic E-state index is 13.0. The molecule has 0 aromatic heterocycles. The number of benzene rings is 2. The monoisotopic (exact) mass is 475 g/mol. The van der Waals surface area contributed by atoms with Crippen molar-refractivity contribution in [3.63, 3.8) is 0 Å². The van der Waals surface area contributed by atoms with Gasteiger partial charge in [-0.15, -0.1) is 13.2 Å². The molecule has 2 fully saturated rings. The summed E-state index contributed by atoms with van der Waals surface area (Å²) in [6, 6.07) is 14.0. The molecule has 2 heterocycles. The van der Waals surface area contributed by atoms with E-state index in [2.05, 4.69) is 10.1 Å². The summed E-state index contributed by atoms with van der Waals surface area (Å²) in [6.45, 7) is 1.06. The first-order chi connectivity index (χ1) is 16.2. The number of alkyl halides is 3. The maximum Gasteiger partial charge on any atom is 0.573 e. The predicted molar refractivity (Wildman–Crippen MR) is 117 cm³/mol. The van der Waals surface area contributed by atoms with Gasteiger partial charge in [-0.1, -0.05) is 24.3 Å². The van der Waals surface area contributed by atoms with Gasteiger partial charge >= 0.3 is 6.36 Å². The molecule has 10 heteroatoms. The van der Waals surface area contributed by atoms with Gasteiger partial charge in [-0.25, -0.2) is 0 Å². The van der Waals surface area contributed by atoms with E-state index in [0.29, 0.717) is 31.5 Å². The normalized spacial score (nSPS) is 19.3. The van der Waals surface area contributed by atoms with Crippen molar-refractivity contribution in [3.05, 3.63) is 60.2 Å². The molecule has 2 aromatic carbocycles. The summed E-state index contributed by atoms with van der Waals surface area (Å²) in [5, 5.41) is 2.98. The summed E-state index contributed by atoms with van der Waals surface area (Å²) < 4.78 is 41.5. The second kappa shape index (κ2) is 9.74. The van der Waals surface area contributed by atoms with Crippen LogP contribution in [0.3, 0.4) is 0 Å². The second-order valence-electron chi connectivity index (χ2n) is 8.32. The van der Waals surface area contributed by atoms with Crippen molar-refractivity contribution in [3.8, 4) is 5.75 Å². The Bertz CT molecular complexity index is 1050. The molecule has 34 heavy (non-hydrogen) atoms. The molecule has 2 aromatic rings.